The molecule has 0 N–H and O–H groups in total. The Morgan fingerprint density at radius 2 is 1.69 bits per heavy atom. The van der Waals surface area contributed by atoms with Crippen LogP contribution in [0, 0.1) is 0 Å². The van der Waals surface area contributed by atoms with E-state index in [-0.39, 0.29) is 0 Å². The Morgan fingerprint density at radius 1 is 1.06 bits per heavy atom. The summed E-state index contributed by atoms with van der Waals surface area (Å²) in [5, 5.41) is 0.477. The van der Waals surface area contributed by atoms with Crippen molar-refractivity contribution in [3.63, 3.8) is 0 Å². The summed E-state index contributed by atoms with van der Waals surface area (Å²) in [6, 6.07) is 7.03. The molecule has 0 unspecified atom stereocenters. The maximum absolute atomic E-state index is 13.4. The van der Waals surface area contributed by atoms with Gasteiger partial charge >= 0.3 is 0 Å². The van der Waals surface area contributed by atoms with Crippen LogP contribution in [0.25, 0.3) is 0 Å². The molecule has 0 aromatic heterocycles. The van der Waals surface area contributed by atoms with Gasteiger partial charge < -0.3 is 0 Å². The Kier molecular flexibility index (Phi) is 3.48. The second-order valence-electron chi connectivity index (χ2n) is 4.50. The molecule has 1 saturated carbocycles. The minimum atomic E-state index is -2.33. The van der Waals surface area contributed by atoms with E-state index in [1.807, 2.05) is 0 Å². The van der Waals surface area contributed by atoms with Gasteiger partial charge in [0.1, 0.15) is 0 Å². The first-order valence-corrected chi connectivity index (χ1v) is 6.08. The van der Waals surface area contributed by atoms with Gasteiger partial charge in [0.05, 0.1) is 5.41 Å². The molecule has 0 nitrogen and oxygen atoms in total. The molecule has 0 bridgehead atoms. The smallest absolute Gasteiger partial charge is 0.210 e. The maximum atomic E-state index is 13.4. The third-order valence-electron chi connectivity index (χ3n) is 3.57. The largest absolute Gasteiger partial charge is 0.248 e. The molecule has 1 fully saturated rings. The molecule has 0 radical (unpaired) electrons. The quantitative estimate of drug-likeness (QED) is 0.701. The van der Waals surface area contributed by atoms with Crippen molar-refractivity contribution in [2.45, 2.75) is 43.9 Å². The van der Waals surface area contributed by atoms with Gasteiger partial charge in [-0.2, -0.15) is 0 Å². The first-order valence-electron chi connectivity index (χ1n) is 5.70. The lowest BCUT2D eigenvalue weighted by Gasteiger charge is -2.37. The second kappa shape index (κ2) is 4.70. The Hall–Kier alpha value is -0.630. The summed E-state index contributed by atoms with van der Waals surface area (Å²) in [4.78, 5) is 0. The zero-order valence-electron chi connectivity index (χ0n) is 9.06. The Morgan fingerprint density at radius 3 is 2.25 bits per heavy atom. The number of alkyl halides is 2. The van der Waals surface area contributed by atoms with Crippen LogP contribution in [0.15, 0.2) is 24.3 Å². The lowest BCUT2D eigenvalue weighted by molar-refractivity contribution is 0.0255. The zero-order valence-corrected chi connectivity index (χ0v) is 9.81. The van der Waals surface area contributed by atoms with Gasteiger partial charge in [0, 0.05) is 5.02 Å². The van der Waals surface area contributed by atoms with Crippen molar-refractivity contribution in [2.24, 2.45) is 0 Å². The van der Waals surface area contributed by atoms with E-state index in [9.17, 15) is 8.78 Å². The number of hydrogen-bond donors (Lipinski definition) is 0. The molecule has 1 aliphatic rings. The number of rotatable bonds is 2. The molecule has 1 aromatic carbocycles. The average Bonchev–Trinajstić information content (AvgIpc) is 2.30. The van der Waals surface area contributed by atoms with Crippen LogP contribution in [0.1, 0.15) is 37.7 Å². The molecule has 88 valence electrons. The first kappa shape index (κ1) is 11.8. The molecule has 2 rings (SSSR count). The van der Waals surface area contributed by atoms with Gasteiger partial charge in [-0.1, -0.05) is 49.1 Å². The molecular formula is C13H15ClF2. The third kappa shape index (κ3) is 1.95. The highest BCUT2D eigenvalue weighted by atomic mass is 35.5. The molecule has 16 heavy (non-hydrogen) atoms. The van der Waals surface area contributed by atoms with E-state index >= 15 is 0 Å². The predicted molar refractivity (Wildman–Crippen MR) is 62.2 cm³/mol. The van der Waals surface area contributed by atoms with Crippen LogP contribution in [0.5, 0.6) is 0 Å². The third-order valence-corrected chi connectivity index (χ3v) is 3.90. The van der Waals surface area contributed by atoms with Crippen molar-refractivity contribution >= 4 is 11.6 Å². The summed E-state index contributed by atoms with van der Waals surface area (Å²) in [6.07, 6.45) is 1.57. The lowest BCUT2D eigenvalue weighted by atomic mass is 9.69. The average molecular weight is 245 g/mol. The van der Waals surface area contributed by atoms with Crippen LogP contribution in [-0.2, 0) is 5.41 Å². The van der Waals surface area contributed by atoms with Gasteiger partial charge in [0.2, 0.25) is 6.43 Å². The van der Waals surface area contributed by atoms with Crippen LogP contribution in [0.4, 0.5) is 8.78 Å². The van der Waals surface area contributed by atoms with Crippen molar-refractivity contribution in [3.8, 4) is 0 Å². The van der Waals surface area contributed by atoms with E-state index in [1.54, 1.807) is 24.3 Å². The van der Waals surface area contributed by atoms with Crippen molar-refractivity contribution in [1.29, 1.82) is 0 Å². The number of benzene rings is 1. The van der Waals surface area contributed by atoms with Crippen LogP contribution in [-0.4, -0.2) is 6.43 Å². The summed E-state index contributed by atoms with van der Waals surface area (Å²) >= 11 is 6.06. The van der Waals surface area contributed by atoms with Crippen LogP contribution >= 0.6 is 11.6 Å². The zero-order chi connectivity index (χ0) is 11.6. The van der Waals surface area contributed by atoms with Crippen molar-refractivity contribution in [3.05, 3.63) is 34.9 Å². The summed E-state index contributed by atoms with van der Waals surface area (Å²) in [5.41, 5.74) is -0.372. The molecule has 0 amide bonds. The van der Waals surface area contributed by atoms with Crippen LogP contribution < -0.4 is 0 Å². The van der Waals surface area contributed by atoms with Crippen LogP contribution in [0.2, 0.25) is 5.02 Å². The summed E-state index contributed by atoms with van der Waals surface area (Å²) in [7, 11) is 0. The van der Waals surface area contributed by atoms with Gasteiger partial charge in [-0.3, -0.25) is 0 Å². The fraction of sp³-hybridized carbons (Fsp3) is 0.538. The topological polar surface area (TPSA) is 0 Å². The molecule has 1 aliphatic carbocycles. The molecule has 0 heterocycles. The van der Waals surface area contributed by atoms with Crippen molar-refractivity contribution < 1.29 is 8.78 Å². The normalized spacial score (nSPS) is 20.0. The van der Waals surface area contributed by atoms with E-state index in [0.29, 0.717) is 23.4 Å². The SMILES string of the molecule is FC(F)C1(c2ccccc2Cl)CCCCC1. The van der Waals surface area contributed by atoms with Gasteiger partial charge in [-0.15, -0.1) is 0 Å². The van der Waals surface area contributed by atoms with E-state index in [0.717, 1.165) is 19.3 Å². The Labute approximate surface area is 99.6 Å². The second-order valence-corrected chi connectivity index (χ2v) is 4.90. The molecule has 3 heteroatoms. The standard InChI is InChI=1S/C13H15ClF2/c14-11-7-3-2-6-10(11)13(12(15)16)8-4-1-5-9-13/h2-3,6-7,12H,1,4-5,8-9H2. The summed E-state index contributed by atoms with van der Waals surface area (Å²) in [6.45, 7) is 0. The van der Waals surface area contributed by atoms with Gasteiger partial charge in [0.15, 0.2) is 0 Å². The van der Waals surface area contributed by atoms with Gasteiger partial charge in [-0.05, 0) is 24.5 Å². The highest BCUT2D eigenvalue weighted by molar-refractivity contribution is 6.31. The number of halogens is 3. The van der Waals surface area contributed by atoms with E-state index < -0.39 is 11.8 Å². The number of hydrogen-bond acceptors (Lipinski definition) is 0. The van der Waals surface area contributed by atoms with Crippen LogP contribution in [0.3, 0.4) is 0 Å². The lowest BCUT2D eigenvalue weighted by Crippen LogP contribution is -2.36. The van der Waals surface area contributed by atoms with Gasteiger partial charge in [-0.25, -0.2) is 8.78 Å². The molecule has 0 aliphatic heterocycles. The summed E-state index contributed by atoms with van der Waals surface area (Å²) in [5.74, 6) is 0. The molecule has 0 saturated heterocycles. The summed E-state index contributed by atoms with van der Waals surface area (Å²) < 4.78 is 26.8. The Balaban J connectivity index is 2.43. The highest BCUT2D eigenvalue weighted by Crippen LogP contribution is 2.46. The first-order chi connectivity index (χ1) is 7.67. The molecule has 0 spiro atoms. The van der Waals surface area contributed by atoms with E-state index in [1.165, 1.54) is 0 Å². The fourth-order valence-corrected chi connectivity index (χ4v) is 2.98. The van der Waals surface area contributed by atoms with Crippen molar-refractivity contribution in [2.75, 3.05) is 0 Å². The minimum absolute atomic E-state index is 0.477. The van der Waals surface area contributed by atoms with E-state index in [2.05, 4.69) is 0 Å². The molecule has 1 aromatic rings. The maximum Gasteiger partial charge on any atom is 0.248 e. The molecule has 0 atom stereocenters. The molecular weight excluding hydrogens is 230 g/mol. The highest BCUT2D eigenvalue weighted by Gasteiger charge is 2.43. The predicted octanol–water partition coefficient (Wildman–Crippen LogP) is 4.81. The van der Waals surface area contributed by atoms with Crippen molar-refractivity contribution in [1.82, 2.24) is 0 Å². The monoisotopic (exact) mass is 244 g/mol. The van der Waals surface area contributed by atoms with Gasteiger partial charge in [0.25, 0.3) is 0 Å². The fourth-order valence-electron chi connectivity index (χ4n) is 2.65. The Bertz CT molecular complexity index is 357. The minimum Gasteiger partial charge on any atom is -0.210 e. The van der Waals surface area contributed by atoms with E-state index in [4.69, 9.17) is 11.6 Å².